The van der Waals surface area contributed by atoms with Crippen molar-refractivity contribution in [3.05, 3.63) is 218 Å². The topological polar surface area (TPSA) is 0 Å². The standard InChI is InChI=1S/C59H42/c1-2-11-39-20-22-44(23-21-39)58-52-16-7-9-18-54(52)59(55-19-10-8-17-53(55)58)50-33-28-43-34-35-51(49-32-27-41-13-4-6-15-47(41)37-49)57(56(43)38-50)45-29-24-42(25-30-45)48-31-26-40-12-3-5-14-46(40)36-48/h3-10,12-38H,2,11H2,1H3. The Kier molecular flexibility index (Phi) is 8.63. The average molecular weight is 751 g/mol. The van der Waals surface area contributed by atoms with Crippen molar-refractivity contribution in [3.8, 4) is 55.6 Å². The summed E-state index contributed by atoms with van der Waals surface area (Å²) in [5.74, 6) is 0. The molecule has 0 amide bonds. The van der Waals surface area contributed by atoms with Crippen molar-refractivity contribution in [1.29, 1.82) is 0 Å². The molecule has 0 nitrogen and oxygen atoms in total. The van der Waals surface area contributed by atoms with E-state index in [1.165, 1.54) is 115 Å². The van der Waals surface area contributed by atoms with Crippen LogP contribution in [0.4, 0.5) is 0 Å². The molecule has 0 spiro atoms. The van der Waals surface area contributed by atoms with Gasteiger partial charge in [0.15, 0.2) is 0 Å². The van der Waals surface area contributed by atoms with Crippen LogP contribution in [0.1, 0.15) is 18.9 Å². The molecule has 0 N–H and O–H groups in total. The van der Waals surface area contributed by atoms with Gasteiger partial charge in [0, 0.05) is 0 Å². The van der Waals surface area contributed by atoms with E-state index in [2.05, 4.69) is 219 Å². The van der Waals surface area contributed by atoms with Gasteiger partial charge in [-0.15, -0.1) is 0 Å². The van der Waals surface area contributed by atoms with Gasteiger partial charge in [-0.1, -0.05) is 207 Å². The molecule has 0 unspecified atom stereocenters. The number of hydrogen-bond donors (Lipinski definition) is 0. The third kappa shape index (κ3) is 6.17. The molecule has 0 heteroatoms. The van der Waals surface area contributed by atoms with Crippen LogP contribution in [0.5, 0.6) is 0 Å². The smallest absolute Gasteiger partial charge is 0.00261 e. The van der Waals surface area contributed by atoms with Gasteiger partial charge in [0.25, 0.3) is 0 Å². The summed E-state index contributed by atoms with van der Waals surface area (Å²) < 4.78 is 0. The molecule has 11 aromatic carbocycles. The van der Waals surface area contributed by atoms with Crippen LogP contribution < -0.4 is 0 Å². The molecule has 0 aliphatic rings. The van der Waals surface area contributed by atoms with E-state index in [0.29, 0.717) is 0 Å². The minimum atomic E-state index is 1.10. The Morgan fingerprint density at radius 1 is 0.271 bits per heavy atom. The Balaban J connectivity index is 1.14. The van der Waals surface area contributed by atoms with E-state index in [-0.39, 0.29) is 0 Å². The normalized spacial score (nSPS) is 11.6. The molecule has 11 rings (SSSR count). The maximum atomic E-state index is 2.46. The highest BCUT2D eigenvalue weighted by Crippen LogP contribution is 2.46. The Labute approximate surface area is 345 Å². The average Bonchev–Trinajstić information content (AvgIpc) is 3.30. The quantitative estimate of drug-likeness (QED) is 0.142. The predicted octanol–water partition coefficient (Wildman–Crippen LogP) is 16.7. The second-order valence-corrected chi connectivity index (χ2v) is 15.9. The highest BCUT2D eigenvalue weighted by atomic mass is 14.2. The summed E-state index contributed by atoms with van der Waals surface area (Å²) in [6, 6.07) is 79.1. The van der Waals surface area contributed by atoms with E-state index in [9.17, 15) is 0 Å². The Hall–Kier alpha value is -7.28. The molecule has 0 saturated heterocycles. The maximum absolute atomic E-state index is 2.46. The summed E-state index contributed by atoms with van der Waals surface area (Å²) in [5.41, 5.74) is 13.8. The van der Waals surface area contributed by atoms with E-state index in [4.69, 9.17) is 0 Å². The zero-order chi connectivity index (χ0) is 39.3. The number of fused-ring (bicyclic) bond motifs is 5. The minimum absolute atomic E-state index is 1.10. The first-order valence-corrected chi connectivity index (χ1v) is 20.9. The van der Waals surface area contributed by atoms with Gasteiger partial charge in [-0.3, -0.25) is 0 Å². The fraction of sp³-hybridized carbons (Fsp3) is 0.0508. The van der Waals surface area contributed by atoms with Gasteiger partial charge in [-0.25, -0.2) is 0 Å². The van der Waals surface area contributed by atoms with Crippen LogP contribution in [-0.4, -0.2) is 0 Å². The summed E-state index contributed by atoms with van der Waals surface area (Å²) >= 11 is 0. The van der Waals surface area contributed by atoms with E-state index < -0.39 is 0 Å². The summed E-state index contributed by atoms with van der Waals surface area (Å²) in [5, 5.41) is 12.6. The Morgan fingerprint density at radius 2 is 0.695 bits per heavy atom. The van der Waals surface area contributed by atoms with E-state index in [0.717, 1.165) is 12.8 Å². The molecule has 0 aromatic heterocycles. The molecule has 0 aliphatic heterocycles. The molecule has 0 fully saturated rings. The van der Waals surface area contributed by atoms with Gasteiger partial charge in [0.1, 0.15) is 0 Å². The number of hydrogen-bond acceptors (Lipinski definition) is 0. The van der Waals surface area contributed by atoms with Crippen molar-refractivity contribution in [2.24, 2.45) is 0 Å². The minimum Gasteiger partial charge on any atom is -0.0651 e. The molecule has 0 aliphatic carbocycles. The van der Waals surface area contributed by atoms with E-state index >= 15 is 0 Å². The number of aryl methyl sites for hydroxylation is 1. The van der Waals surface area contributed by atoms with Crippen LogP contribution in [0.3, 0.4) is 0 Å². The van der Waals surface area contributed by atoms with Crippen LogP contribution in [0.15, 0.2) is 212 Å². The van der Waals surface area contributed by atoms with Gasteiger partial charge >= 0.3 is 0 Å². The predicted molar refractivity (Wildman–Crippen MR) is 255 cm³/mol. The summed E-state index contributed by atoms with van der Waals surface area (Å²) in [6.45, 7) is 2.25. The number of benzene rings is 11. The summed E-state index contributed by atoms with van der Waals surface area (Å²) in [6.07, 6.45) is 2.25. The summed E-state index contributed by atoms with van der Waals surface area (Å²) in [7, 11) is 0. The fourth-order valence-electron chi connectivity index (χ4n) is 9.46. The van der Waals surface area contributed by atoms with Crippen LogP contribution in [-0.2, 0) is 6.42 Å². The van der Waals surface area contributed by atoms with Gasteiger partial charge in [-0.2, -0.15) is 0 Å². The van der Waals surface area contributed by atoms with Gasteiger partial charge in [0.2, 0.25) is 0 Å². The molecule has 59 heavy (non-hydrogen) atoms. The van der Waals surface area contributed by atoms with E-state index in [1.54, 1.807) is 0 Å². The molecule has 278 valence electrons. The van der Waals surface area contributed by atoms with Crippen molar-refractivity contribution in [3.63, 3.8) is 0 Å². The van der Waals surface area contributed by atoms with E-state index in [1.807, 2.05) is 0 Å². The maximum Gasteiger partial charge on any atom is -0.00261 e. The lowest BCUT2D eigenvalue weighted by Gasteiger charge is -2.19. The third-order valence-corrected chi connectivity index (χ3v) is 12.3. The van der Waals surface area contributed by atoms with Crippen molar-refractivity contribution in [1.82, 2.24) is 0 Å². The molecule has 0 heterocycles. The zero-order valence-corrected chi connectivity index (χ0v) is 33.1. The lowest BCUT2D eigenvalue weighted by molar-refractivity contribution is 0.922. The van der Waals surface area contributed by atoms with Crippen molar-refractivity contribution in [2.75, 3.05) is 0 Å². The second kappa shape index (κ2) is 14.6. The molecular formula is C59H42. The Bertz CT molecular complexity index is 3310. The fourth-order valence-corrected chi connectivity index (χ4v) is 9.46. The largest absolute Gasteiger partial charge is 0.0651 e. The first kappa shape index (κ1) is 34.9. The molecule has 0 atom stereocenters. The van der Waals surface area contributed by atoms with Crippen molar-refractivity contribution < 1.29 is 0 Å². The van der Waals surface area contributed by atoms with Crippen LogP contribution >= 0.6 is 0 Å². The molecule has 0 bridgehead atoms. The van der Waals surface area contributed by atoms with Gasteiger partial charge in [-0.05, 0) is 140 Å². The molecule has 0 saturated carbocycles. The Morgan fingerprint density at radius 3 is 1.31 bits per heavy atom. The first-order valence-electron chi connectivity index (χ1n) is 20.9. The SMILES string of the molecule is CCCc1ccc(-c2c3ccccc3c(-c3ccc4ccc(-c5ccc6ccccc6c5)c(-c5ccc(-c6ccc7ccccc7c6)cc5)c4c3)c3ccccc23)cc1. The molecular weight excluding hydrogens is 709 g/mol. The molecule has 0 radical (unpaired) electrons. The third-order valence-electron chi connectivity index (χ3n) is 12.3. The van der Waals surface area contributed by atoms with Gasteiger partial charge in [0.05, 0.1) is 0 Å². The van der Waals surface area contributed by atoms with Crippen LogP contribution in [0, 0.1) is 0 Å². The van der Waals surface area contributed by atoms with Gasteiger partial charge < -0.3 is 0 Å². The monoisotopic (exact) mass is 750 g/mol. The van der Waals surface area contributed by atoms with Crippen molar-refractivity contribution in [2.45, 2.75) is 19.8 Å². The highest BCUT2D eigenvalue weighted by molar-refractivity contribution is 6.22. The highest BCUT2D eigenvalue weighted by Gasteiger charge is 2.19. The second-order valence-electron chi connectivity index (χ2n) is 15.9. The molecule has 11 aromatic rings. The van der Waals surface area contributed by atoms with Crippen LogP contribution in [0.2, 0.25) is 0 Å². The van der Waals surface area contributed by atoms with Crippen LogP contribution in [0.25, 0.3) is 109 Å². The first-order chi connectivity index (χ1) is 29.2. The number of rotatable bonds is 7. The zero-order valence-electron chi connectivity index (χ0n) is 33.1. The summed E-state index contributed by atoms with van der Waals surface area (Å²) in [4.78, 5) is 0. The lowest BCUT2D eigenvalue weighted by atomic mass is 9.84. The lowest BCUT2D eigenvalue weighted by Crippen LogP contribution is -1.93. The van der Waals surface area contributed by atoms with Crippen molar-refractivity contribution >= 4 is 53.9 Å².